The molecule has 1 atom stereocenters. The molecule has 0 aliphatic heterocycles. The second-order valence-electron chi connectivity index (χ2n) is 8.77. The van der Waals surface area contributed by atoms with E-state index in [1.807, 2.05) is 13.2 Å². The Morgan fingerprint density at radius 2 is 2.10 bits per heavy atom. The van der Waals surface area contributed by atoms with Crippen LogP contribution in [0, 0.1) is 0 Å². The highest BCUT2D eigenvalue weighted by Crippen LogP contribution is 2.48. The zero-order valence-corrected chi connectivity index (χ0v) is 18.6. The van der Waals surface area contributed by atoms with E-state index in [-0.39, 0.29) is 6.10 Å². The van der Waals surface area contributed by atoms with Crippen LogP contribution in [0.1, 0.15) is 68.2 Å². The number of aromatic nitrogens is 4. The standard InChI is InChI=1S/C23H29N5OS/c1-14(2)11-15-9-10-18-19(15)20-21(29-17-7-5-4-6-8-17)26-23(27-22(20)30-18)25-16-12-24-28(3)13-16/h12-13,15,17H,1,4-11H2,2-3H3,(H,25,26,27)/t15-/m1/s1. The number of fused-ring (bicyclic) bond motifs is 3. The van der Waals surface area contributed by atoms with Crippen LogP contribution in [-0.4, -0.2) is 25.9 Å². The summed E-state index contributed by atoms with van der Waals surface area (Å²) in [4.78, 5) is 12.2. The molecule has 0 amide bonds. The van der Waals surface area contributed by atoms with Gasteiger partial charge in [0, 0.05) is 18.1 Å². The molecule has 0 radical (unpaired) electrons. The van der Waals surface area contributed by atoms with Gasteiger partial charge in [0.15, 0.2) is 0 Å². The van der Waals surface area contributed by atoms with Gasteiger partial charge in [0.25, 0.3) is 0 Å². The lowest BCUT2D eigenvalue weighted by molar-refractivity contribution is 0.151. The number of hydrogen-bond donors (Lipinski definition) is 1. The van der Waals surface area contributed by atoms with Crippen molar-refractivity contribution in [3.63, 3.8) is 0 Å². The first kappa shape index (κ1) is 19.5. The lowest BCUT2D eigenvalue weighted by Crippen LogP contribution is -2.20. The van der Waals surface area contributed by atoms with Crippen molar-refractivity contribution in [2.75, 3.05) is 5.32 Å². The quantitative estimate of drug-likeness (QED) is 0.502. The maximum Gasteiger partial charge on any atom is 0.232 e. The summed E-state index contributed by atoms with van der Waals surface area (Å²) in [7, 11) is 1.90. The fraction of sp³-hybridized carbons (Fsp3) is 0.522. The minimum absolute atomic E-state index is 0.250. The number of ether oxygens (including phenoxy) is 1. The first-order valence-electron chi connectivity index (χ1n) is 11.0. The molecule has 0 saturated heterocycles. The van der Waals surface area contributed by atoms with Crippen molar-refractivity contribution in [2.45, 2.75) is 70.3 Å². The minimum atomic E-state index is 0.250. The van der Waals surface area contributed by atoms with E-state index in [1.165, 1.54) is 41.7 Å². The van der Waals surface area contributed by atoms with Gasteiger partial charge < -0.3 is 10.1 Å². The van der Waals surface area contributed by atoms with E-state index < -0.39 is 0 Å². The number of aryl methyl sites for hydroxylation is 2. The van der Waals surface area contributed by atoms with E-state index >= 15 is 0 Å². The van der Waals surface area contributed by atoms with Crippen molar-refractivity contribution >= 4 is 33.2 Å². The smallest absolute Gasteiger partial charge is 0.232 e. The minimum Gasteiger partial charge on any atom is -0.474 e. The predicted molar refractivity (Wildman–Crippen MR) is 122 cm³/mol. The molecule has 3 aromatic rings. The SMILES string of the molecule is C=C(C)C[C@H]1CCc2sc3nc(Nc4cnn(C)c4)nc(OC4CCCCC4)c3c21. The first-order valence-corrected chi connectivity index (χ1v) is 11.8. The van der Waals surface area contributed by atoms with Gasteiger partial charge in [-0.15, -0.1) is 17.9 Å². The van der Waals surface area contributed by atoms with Crippen LogP contribution < -0.4 is 10.1 Å². The van der Waals surface area contributed by atoms with Crippen molar-refractivity contribution in [2.24, 2.45) is 7.05 Å². The Hall–Kier alpha value is -2.41. The molecule has 0 spiro atoms. The number of allylic oxidation sites excluding steroid dienone is 1. The Bertz CT molecular complexity index is 1080. The molecule has 158 valence electrons. The third-order valence-corrected chi connectivity index (χ3v) is 7.31. The molecular weight excluding hydrogens is 394 g/mol. The second-order valence-corrected chi connectivity index (χ2v) is 9.86. The number of thiophene rings is 1. The highest BCUT2D eigenvalue weighted by Gasteiger charge is 2.31. The number of anilines is 2. The molecule has 0 aromatic carbocycles. The Morgan fingerprint density at radius 3 is 2.83 bits per heavy atom. The molecule has 0 unspecified atom stereocenters. The van der Waals surface area contributed by atoms with Crippen molar-refractivity contribution in [1.82, 2.24) is 19.7 Å². The Balaban J connectivity index is 1.56. The average molecular weight is 424 g/mol. The second kappa shape index (κ2) is 8.02. The highest BCUT2D eigenvalue weighted by molar-refractivity contribution is 7.19. The topological polar surface area (TPSA) is 64.9 Å². The fourth-order valence-electron chi connectivity index (χ4n) is 4.82. The van der Waals surface area contributed by atoms with Crippen LogP contribution in [0.25, 0.3) is 10.2 Å². The monoisotopic (exact) mass is 423 g/mol. The van der Waals surface area contributed by atoms with Crippen LogP contribution in [0.2, 0.25) is 0 Å². The molecule has 1 fully saturated rings. The van der Waals surface area contributed by atoms with Crippen LogP contribution >= 0.6 is 11.3 Å². The summed E-state index contributed by atoms with van der Waals surface area (Å²) in [6, 6.07) is 0. The highest BCUT2D eigenvalue weighted by atomic mass is 32.1. The van der Waals surface area contributed by atoms with E-state index in [0.717, 1.165) is 47.5 Å². The molecule has 3 heterocycles. The van der Waals surface area contributed by atoms with Crippen LogP contribution in [0.5, 0.6) is 5.88 Å². The molecule has 2 aliphatic rings. The van der Waals surface area contributed by atoms with Gasteiger partial charge in [-0.05, 0) is 63.4 Å². The van der Waals surface area contributed by atoms with Crippen LogP contribution in [0.15, 0.2) is 24.5 Å². The Morgan fingerprint density at radius 1 is 1.27 bits per heavy atom. The maximum absolute atomic E-state index is 6.56. The number of nitrogens with one attached hydrogen (secondary N) is 1. The maximum atomic E-state index is 6.56. The summed E-state index contributed by atoms with van der Waals surface area (Å²) in [5.41, 5.74) is 3.53. The molecule has 7 heteroatoms. The molecular formula is C23H29N5OS. The van der Waals surface area contributed by atoms with Crippen LogP contribution in [-0.2, 0) is 13.5 Å². The largest absolute Gasteiger partial charge is 0.474 e. The normalized spacial score (nSPS) is 19.2. The van der Waals surface area contributed by atoms with Crippen molar-refractivity contribution in [1.29, 1.82) is 0 Å². The fourth-order valence-corrected chi connectivity index (χ4v) is 6.09. The van der Waals surface area contributed by atoms with Gasteiger partial charge in [-0.3, -0.25) is 4.68 Å². The zero-order chi connectivity index (χ0) is 20.7. The lowest BCUT2D eigenvalue weighted by Gasteiger charge is -2.23. The Labute approximate surface area is 181 Å². The van der Waals surface area contributed by atoms with Gasteiger partial charge in [0.2, 0.25) is 11.8 Å². The van der Waals surface area contributed by atoms with Gasteiger partial charge in [-0.25, -0.2) is 4.98 Å². The van der Waals surface area contributed by atoms with E-state index in [4.69, 9.17) is 14.7 Å². The number of hydrogen-bond acceptors (Lipinski definition) is 6. The van der Waals surface area contributed by atoms with Crippen LogP contribution in [0.4, 0.5) is 11.6 Å². The predicted octanol–water partition coefficient (Wildman–Crippen LogP) is 5.88. The van der Waals surface area contributed by atoms with Gasteiger partial charge in [-0.2, -0.15) is 10.1 Å². The summed E-state index contributed by atoms with van der Waals surface area (Å²) in [5, 5.41) is 8.68. The van der Waals surface area contributed by atoms with E-state index in [0.29, 0.717) is 11.9 Å². The Kier molecular flexibility index (Phi) is 5.23. The summed E-state index contributed by atoms with van der Waals surface area (Å²) >= 11 is 1.80. The summed E-state index contributed by atoms with van der Waals surface area (Å²) < 4.78 is 8.33. The summed E-state index contributed by atoms with van der Waals surface area (Å²) in [6.45, 7) is 6.28. The number of rotatable bonds is 6. The van der Waals surface area contributed by atoms with Crippen molar-refractivity contribution < 1.29 is 4.74 Å². The van der Waals surface area contributed by atoms with Crippen molar-refractivity contribution in [3.8, 4) is 5.88 Å². The lowest BCUT2D eigenvalue weighted by atomic mass is 9.94. The molecule has 1 saturated carbocycles. The molecule has 1 N–H and O–H groups in total. The van der Waals surface area contributed by atoms with Gasteiger partial charge in [0.05, 0.1) is 17.3 Å². The molecule has 2 aliphatic carbocycles. The summed E-state index contributed by atoms with van der Waals surface area (Å²) in [5.74, 6) is 1.84. The van der Waals surface area contributed by atoms with Gasteiger partial charge >= 0.3 is 0 Å². The molecule has 5 rings (SSSR count). The number of nitrogens with zero attached hydrogens (tertiary/aromatic N) is 4. The molecule has 30 heavy (non-hydrogen) atoms. The van der Waals surface area contributed by atoms with Crippen LogP contribution in [0.3, 0.4) is 0 Å². The van der Waals surface area contributed by atoms with Gasteiger partial charge in [0.1, 0.15) is 10.9 Å². The zero-order valence-electron chi connectivity index (χ0n) is 17.8. The average Bonchev–Trinajstić information content (AvgIpc) is 3.38. The third-order valence-electron chi connectivity index (χ3n) is 6.15. The van der Waals surface area contributed by atoms with E-state index in [9.17, 15) is 0 Å². The molecule has 3 aromatic heterocycles. The first-order chi connectivity index (χ1) is 14.6. The van der Waals surface area contributed by atoms with Crippen molar-refractivity contribution in [3.05, 3.63) is 35.0 Å². The van der Waals surface area contributed by atoms with Gasteiger partial charge in [-0.1, -0.05) is 12.0 Å². The molecule has 0 bridgehead atoms. The summed E-state index contributed by atoms with van der Waals surface area (Å²) in [6.07, 6.45) is 13.3. The molecule has 6 nitrogen and oxygen atoms in total. The van der Waals surface area contributed by atoms with E-state index in [2.05, 4.69) is 23.9 Å². The third kappa shape index (κ3) is 3.83. The van der Waals surface area contributed by atoms with E-state index in [1.54, 1.807) is 22.2 Å².